The number of benzene rings is 1. The molecule has 1 aliphatic rings. The molecule has 1 amide bonds. The van der Waals surface area contributed by atoms with E-state index in [0.717, 1.165) is 24.8 Å². The second kappa shape index (κ2) is 6.05. The van der Waals surface area contributed by atoms with Crippen LogP contribution < -0.4 is 11.1 Å². The quantitative estimate of drug-likeness (QED) is 0.729. The van der Waals surface area contributed by atoms with Crippen LogP contribution in [0, 0.1) is 0 Å². The first-order valence-corrected chi connectivity index (χ1v) is 6.85. The van der Waals surface area contributed by atoms with E-state index in [0.29, 0.717) is 0 Å². The van der Waals surface area contributed by atoms with Crippen LogP contribution in [0.4, 0.5) is 0 Å². The van der Waals surface area contributed by atoms with Crippen molar-refractivity contribution >= 4 is 11.9 Å². The number of hydrogen-bond acceptors (Lipinski definition) is 3. The fourth-order valence-electron chi connectivity index (χ4n) is 2.67. The fraction of sp³-hybridized carbons (Fsp3) is 0.467. The molecular formula is C15H20N2O3. The molecule has 1 aromatic carbocycles. The minimum atomic E-state index is -0.881. The normalized spacial score (nSPS) is 17.9. The summed E-state index contributed by atoms with van der Waals surface area (Å²) in [5.74, 6) is -1.49. The van der Waals surface area contributed by atoms with Crippen LogP contribution in [0.2, 0.25) is 0 Å². The van der Waals surface area contributed by atoms with Crippen molar-refractivity contribution in [2.75, 3.05) is 6.54 Å². The summed E-state index contributed by atoms with van der Waals surface area (Å²) in [7, 11) is 0. The molecule has 0 spiro atoms. The van der Waals surface area contributed by atoms with Crippen LogP contribution in [0.3, 0.4) is 0 Å². The standard InChI is InChI=1S/C15H20N2O3/c16-10-12(11-5-2-1-3-6-11)14(20)17-15(7-4-8-15)9-13(18)19/h1-3,5-6,12H,4,7-10,16H2,(H,17,20)(H,18,19). The monoisotopic (exact) mass is 276 g/mol. The number of rotatable bonds is 6. The molecule has 2 rings (SSSR count). The Morgan fingerprint density at radius 1 is 1.30 bits per heavy atom. The molecule has 0 radical (unpaired) electrons. The molecule has 108 valence electrons. The Kier molecular flexibility index (Phi) is 4.39. The van der Waals surface area contributed by atoms with Gasteiger partial charge in [-0.05, 0) is 24.8 Å². The molecule has 1 atom stereocenters. The maximum absolute atomic E-state index is 12.4. The van der Waals surface area contributed by atoms with E-state index in [1.807, 2.05) is 30.3 Å². The van der Waals surface area contributed by atoms with Crippen LogP contribution >= 0.6 is 0 Å². The van der Waals surface area contributed by atoms with Crippen molar-refractivity contribution in [2.45, 2.75) is 37.1 Å². The summed E-state index contributed by atoms with van der Waals surface area (Å²) >= 11 is 0. The van der Waals surface area contributed by atoms with Gasteiger partial charge < -0.3 is 16.2 Å². The molecule has 0 aromatic heterocycles. The summed E-state index contributed by atoms with van der Waals surface area (Å²) in [6.45, 7) is 0.207. The van der Waals surface area contributed by atoms with E-state index in [9.17, 15) is 9.59 Å². The third-order valence-electron chi connectivity index (χ3n) is 3.94. The summed E-state index contributed by atoms with van der Waals surface area (Å²) in [6, 6.07) is 9.33. The average molecular weight is 276 g/mol. The number of carbonyl (C=O) groups is 2. The predicted octanol–water partition coefficient (Wildman–Crippen LogP) is 1.24. The number of carboxylic acids is 1. The molecule has 0 saturated heterocycles. The SMILES string of the molecule is NCC(C(=O)NC1(CC(=O)O)CCC1)c1ccccc1. The van der Waals surface area contributed by atoms with Gasteiger partial charge in [0.05, 0.1) is 17.9 Å². The van der Waals surface area contributed by atoms with Crippen molar-refractivity contribution in [3.63, 3.8) is 0 Å². The van der Waals surface area contributed by atoms with E-state index in [4.69, 9.17) is 10.8 Å². The molecule has 20 heavy (non-hydrogen) atoms. The lowest BCUT2D eigenvalue weighted by molar-refractivity contribution is -0.140. The topological polar surface area (TPSA) is 92.4 Å². The molecule has 5 heteroatoms. The van der Waals surface area contributed by atoms with Gasteiger partial charge in [0.15, 0.2) is 0 Å². The number of nitrogens with two attached hydrogens (primary N) is 1. The van der Waals surface area contributed by atoms with Crippen molar-refractivity contribution in [3.8, 4) is 0 Å². The minimum absolute atomic E-state index is 0.0230. The molecule has 1 saturated carbocycles. The van der Waals surface area contributed by atoms with Gasteiger partial charge >= 0.3 is 5.97 Å². The third kappa shape index (κ3) is 3.17. The number of hydrogen-bond donors (Lipinski definition) is 3. The molecule has 5 nitrogen and oxygen atoms in total. The lowest BCUT2D eigenvalue weighted by Crippen LogP contribution is -2.56. The Morgan fingerprint density at radius 3 is 2.40 bits per heavy atom. The van der Waals surface area contributed by atoms with Gasteiger partial charge in [0.25, 0.3) is 0 Å². The molecule has 4 N–H and O–H groups in total. The van der Waals surface area contributed by atoms with Gasteiger partial charge in [-0.2, -0.15) is 0 Å². The van der Waals surface area contributed by atoms with Crippen molar-refractivity contribution in [1.29, 1.82) is 0 Å². The first-order chi connectivity index (χ1) is 9.56. The van der Waals surface area contributed by atoms with E-state index >= 15 is 0 Å². The van der Waals surface area contributed by atoms with Gasteiger partial charge in [0.1, 0.15) is 0 Å². The number of carbonyl (C=O) groups excluding carboxylic acids is 1. The maximum Gasteiger partial charge on any atom is 0.305 e. The van der Waals surface area contributed by atoms with E-state index in [2.05, 4.69) is 5.32 Å². The predicted molar refractivity (Wildman–Crippen MR) is 75.2 cm³/mol. The zero-order valence-corrected chi connectivity index (χ0v) is 11.3. The Bertz CT molecular complexity index is 483. The maximum atomic E-state index is 12.4. The van der Waals surface area contributed by atoms with Gasteiger partial charge in [0, 0.05) is 6.54 Å². The Labute approximate surface area is 118 Å². The van der Waals surface area contributed by atoms with Crippen LogP contribution in [0.15, 0.2) is 30.3 Å². The first kappa shape index (κ1) is 14.5. The van der Waals surface area contributed by atoms with Crippen LogP contribution in [0.1, 0.15) is 37.2 Å². The summed E-state index contributed by atoms with van der Waals surface area (Å²) in [5.41, 5.74) is 5.99. The van der Waals surface area contributed by atoms with Crippen LogP contribution in [0.5, 0.6) is 0 Å². The second-order valence-corrected chi connectivity index (χ2v) is 5.39. The molecule has 0 aliphatic heterocycles. The van der Waals surface area contributed by atoms with E-state index in [-0.39, 0.29) is 18.9 Å². The lowest BCUT2D eigenvalue weighted by Gasteiger charge is -2.42. The smallest absolute Gasteiger partial charge is 0.305 e. The van der Waals surface area contributed by atoms with Gasteiger partial charge in [-0.25, -0.2) is 0 Å². The van der Waals surface area contributed by atoms with E-state index in [1.165, 1.54) is 0 Å². The Morgan fingerprint density at radius 2 is 1.95 bits per heavy atom. The van der Waals surface area contributed by atoms with E-state index in [1.54, 1.807) is 0 Å². The number of carboxylic acid groups (broad SMARTS) is 1. The van der Waals surface area contributed by atoms with Crippen molar-refractivity contribution in [3.05, 3.63) is 35.9 Å². The highest BCUT2D eigenvalue weighted by Crippen LogP contribution is 2.35. The van der Waals surface area contributed by atoms with Crippen LogP contribution in [-0.4, -0.2) is 29.1 Å². The van der Waals surface area contributed by atoms with Gasteiger partial charge in [-0.3, -0.25) is 9.59 Å². The highest BCUT2D eigenvalue weighted by Gasteiger charge is 2.41. The molecule has 1 aromatic rings. The number of aliphatic carboxylic acids is 1. The fourth-order valence-corrected chi connectivity index (χ4v) is 2.67. The summed E-state index contributed by atoms with van der Waals surface area (Å²) in [6.07, 6.45) is 2.37. The van der Waals surface area contributed by atoms with Crippen LogP contribution in [-0.2, 0) is 9.59 Å². The molecule has 1 fully saturated rings. The lowest BCUT2D eigenvalue weighted by atomic mass is 9.74. The second-order valence-electron chi connectivity index (χ2n) is 5.39. The number of nitrogens with one attached hydrogen (secondary N) is 1. The van der Waals surface area contributed by atoms with Crippen molar-refractivity contribution in [1.82, 2.24) is 5.32 Å². The highest BCUT2D eigenvalue weighted by atomic mass is 16.4. The minimum Gasteiger partial charge on any atom is -0.481 e. The van der Waals surface area contributed by atoms with Crippen molar-refractivity contribution < 1.29 is 14.7 Å². The Hall–Kier alpha value is -1.88. The largest absolute Gasteiger partial charge is 0.481 e. The summed E-state index contributed by atoms with van der Waals surface area (Å²) in [5, 5.41) is 11.9. The molecule has 0 heterocycles. The van der Waals surface area contributed by atoms with Gasteiger partial charge in [0.2, 0.25) is 5.91 Å². The van der Waals surface area contributed by atoms with Gasteiger partial charge in [-0.1, -0.05) is 30.3 Å². The summed E-state index contributed by atoms with van der Waals surface area (Å²) < 4.78 is 0. The first-order valence-electron chi connectivity index (χ1n) is 6.85. The molecule has 0 bridgehead atoms. The zero-order valence-electron chi connectivity index (χ0n) is 11.3. The molecule has 1 unspecified atom stereocenters. The van der Waals surface area contributed by atoms with Crippen molar-refractivity contribution in [2.24, 2.45) is 5.73 Å². The zero-order chi connectivity index (χ0) is 14.6. The summed E-state index contributed by atoms with van der Waals surface area (Å²) in [4.78, 5) is 23.3. The third-order valence-corrected chi connectivity index (χ3v) is 3.94. The Balaban J connectivity index is 2.08. The van der Waals surface area contributed by atoms with Gasteiger partial charge in [-0.15, -0.1) is 0 Å². The average Bonchev–Trinajstić information content (AvgIpc) is 2.37. The molecular weight excluding hydrogens is 256 g/mol. The number of amides is 1. The molecule has 1 aliphatic carbocycles. The highest BCUT2D eigenvalue weighted by molar-refractivity contribution is 5.85. The van der Waals surface area contributed by atoms with Crippen LogP contribution in [0.25, 0.3) is 0 Å². The van der Waals surface area contributed by atoms with E-state index < -0.39 is 17.4 Å².